The third-order valence-corrected chi connectivity index (χ3v) is 6.01. The van der Waals surface area contributed by atoms with E-state index >= 15 is 0 Å². The summed E-state index contributed by atoms with van der Waals surface area (Å²) < 4.78 is 0. The minimum absolute atomic E-state index is 0.161. The summed E-state index contributed by atoms with van der Waals surface area (Å²) in [5.74, 6) is -1.01. The smallest absolute Gasteiger partial charge is 0.308 e. The molecule has 114 valence electrons. The lowest BCUT2D eigenvalue weighted by molar-refractivity contribution is -0.142. The summed E-state index contributed by atoms with van der Waals surface area (Å²) in [6.45, 7) is 0.963. The van der Waals surface area contributed by atoms with Gasteiger partial charge in [-0.1, -0.05) is 25.3 Å². The van der Waals surface area contributed by atoms with Gasteiger partial charge in [0.25, 0.3) is 0 Å². The van der Waals surface area contributed by atoms with Crippen molar-refractivity contribution in [3.63, 3.8) is 0 Å². The summed E-state index contributed by atoms with van der Waals surface area (Å²) in [5.41, 5.74) is -0.389. The number of rotatable bonds is 3. The predicted molar refractivity (Wildman–Crippen MR) is 81.4 cm³/mol. The van der Waals surface area contributed by atoms with E-state index in [0.717, 1.165) is 30.6 Å². The standard InChI is InChI=1S/C16H21NO3S/c18-14(19)12-6-9-17(11-12)15(20)16(7-2-1-3-8-16)13-5-4-10-21-13/h4-5,10,12H,1-3,6-9,11H2,(H,18,19)/t12-/m0/s1. The lowest BCUT2D eigenvalue weighted by Crippen LogP contribution is -2.47. The number of carboxylic acid groups (broad SMARTS) is 1. The molecule has 0 unspecified atom stereocenters. The molecule has 0 radical (unpaired) electrons. The topological polar surface area (TPSA) is 57.6 Å². The van der Waals surface area contributed by atoms with Crippen LogP contribution in [0.25, 0.3) is 0 Å². The molecule has 0 aromatic carbocycles. The number of carbonyl (C=O) groups excluding carboxylic acids is 1. The first-order chi connectivity index (χ1) is 10.1. The molecule has 2 fully saturated rings. The second-order valence-electron chi connectivity index (χ2n) is 6.20. The van der Waals surface area contributed by atoms with Crippen molar-refractivity contribution in [1.82, 2.24) is 4.90 Å². The van der Waals surface area contributed by atoms with Gasteiger partial charge in [0.15, 0.2) is 0 Å². The number of carbonyl (C=O) groups is 2. The molecule has 1 aromatic heterocycles. The van der Waals surface area contributed by atoms with E-state index in [1.54, 1.807) is 16.2 Å². The normalized spacial score (nSPS) is 25.0. The molecule has 2 heterocycles. The predicted octanol–water partition coefficient (Wildman–Crippen LogP) is 2.88. The zero-order chi connectivity index (χ0) is 14.9. The molecule has 1 N–H and O–H groups in total. The highest BCUT2D eigenvalue weighted by Crippen LogP contribution is 2.43. The summed E-state index contributed by atoms with van der Waals surface area (Å²) in [4.78, 5) is 27.2. The Morgan fingerprint density at radius 3 is 2.62 bits per heavy atom. The molecule has 0 bridgehead atoms. The third kappa shape index (κ3) is 2.59. The fourth-order valence-electron chi connectivity index (χ4n) is 3.72. The average Bonchev–Trinajstić information content (AvgIpc) is 3.18. The summed E-state index contributed by atoms with van der Waals surface area (Å²) >= 11 is 1.66. The van der Waals surface area contributed by atoms with Crippen molar-refractivity contribution in [2.24, 2.45) is 5.92 Å². The fourth-order valence-corrected chi connectivity index (χ4v) is 4.70. The zero-order valence-corrected chi connectivity index (χ0v) is 12.9. The number of amides is 1. The van der Waals surface area contributed by atoms with Crippen LogP contribution in [0.5, 0.6) is 0 Å². The van der Waals surface area contributed by atoms with E-state index in [0.29, 0.717) is 19.5 Å². The minimum Gasteiger partial charge on any atom is -0.481 e. The monoisotopic (exact) mass is 307 g/mol. The summed E-state index contributed by atoms with van der Waals surface area (Å²) in [7, 11) is 0. The number of hydrogen-bond donors (Lipinski definition) is 1. The molecule has 1 saturated heterocycles. The van der Waals surface area contributed by atoms with Gasteiger partial charge >= 0.3 is 5.97 Å². The number of nitrogens with zero attached hydrogens (tertiary/aromatic N) is 1. The van der Waals surface area contributed by atoms with E-state index in [4.69, 9.17) is 5.11 Å². The average molecular weight is 307 g/mol. The quantitative estimate of drug-likeness (QED) is 0.934. The first-order valence-corrected chi connectivity index (χ1v) is 8.58. The van der Waals surface area contributed by atoms with Gasteiger partial charge in [-0.3, -0.25) is 9.59 Å². The van der Waals surface area contributed by atoms with Crippen LogP contribution in [0.2, 0.25) is 0 Å². The van der Waals surface area contributed by atoms with Crippen molar-refractivity contribution in [2.45, 2.75) is 43.9 Å². The van der Waals surface area contributed by atoms with Crippen molar-refractivity contribution in [3.8, 4) is 0 Å². The second kappa shape index (κ2) is 5.79. The van der Waals surface area contributed by atoms with E-state index in [1.165, 1.54) is 6.42 Å². The number of thiophene rings is 1. The van der Waals surface area contributed by atoms with Crippen molar-refractivity contribution < 1.29 is 14.7 Å². The number of hydrogen-bond acceptors (Lipinski definition) is 3. The molecule has 1 aromatic rings. The van der Waals surface area contributed by atoms with Crippen LogP contribution in [0.1, 0.15) is 43.4 Å². The Hall–Kier alpha value is -1.36. The van der Waals surface area contributed by atoms with E-state index in [-0.39, 0.29) is 11.3 Å². The minimum atomic E-state index is -0.779. The maximum Gasteiger partial charge on any atom is 0.308 e. The molecular weight excluding hydrogens is 286 g/mol. The van der Waals surface area contributed by atoms with Gasteiger partial charge in [0.1, 0.15) is 0 Å². The van der Waals surface area contributed by atoms with E-state index < -0.39 is 11.9 Å². The SMILES string of the molecule is O=C(O)[C@H]1CCN(C(=O)C2(c3cccs3)CCCCC2)C1. The Morgan fingerprint density at radius 2 is 2.05 bits per heavy atom. The van der Waals surface area contributed by atoms with Gasteiger partial charge in [-0.05, 0) is 30.7 Å². The molecule has 0 spiro atoms. The largest absolute Gasteiger partial charge is 0.481 e. The highest BCUT2D eigenvalue weighted by Gasteiger charge is 2.46. The van der Waals surface area contributed by atoms with E-state index in [2.05, 4.69) is 6.07 Å². The molecule has 1 saturated carbocycles. The number of aliphatic carboxylic acids is 1. The maximum atomic E-state index is 13.1. The van der Waals surface area contributed by atoms with Gasteiger partial charge in [0, 0.05) is 18.0 Å². The maximum absolute atomic E-state index is 13.1. The lowest BCUT2D eigenvalue weighted by Gasteiger charge is -2.38. The molecule has 1 atom stereocenters. The van der Waals surface area contributed by atoms with Crippen molar-refractivity contribution >= 4 is 23.2 Å². The fraction of sp³-hybridized carbons (Fsp3) is 0.625. The first kappa shape index (κ1) is 14.6. The van der Waals surface area contributed by atoms with Crippen LogP contribution in [-0.4, -0.2) is 35.0 Å². The third-order valence-electron chi connectivity index (χ3n) is 4.93. The van der Waals surface area contributed by atoms with Gasteiger partial charge < -0.3 is 10.0 Å². The molecule has 5 heteroatoms. The Bertz CT molecular complexity index is 520. The lowest BCUT2D eigenvalue weighted by atomic mass is 9.72. The van der Waals surface area contributed by atoms with Crippen LogP contribution in [0.4, 0.5) is 0 Å². The zero-order valence-electron chi connectivity index (χ0n) is 12.1. The highest BCUT2D eigenvalue weighted by molar-refractivity contribution is 7.10. The van der Waals surface area contributed by atoms with Crippen LogP contribution in [-0.2, 0) is 15.0 Å². The molecule has 3 rings (SSSR count). The van der Waals surface area contributed by atoms with Crippen LogP contribution < -0.4 is 0 Å². The van der Waals surface area contributed by atoms with Gasteiger partial charge in [0.05, 0.1) is 11.3 Å². The Morgan fingerprint density at radius 1 is 1.29 bits per heavy atom. The van der Waals surface area contributed by atoms with Crippen molar-refractivity contribution in [3.05, 3.63) is 22.4 Å². The summed E-state index contributed by atoms with van der Waals surface area (Å²) in [5, 5.41) is 11.2. The van der Waals surface area contributed by atoms with Crippen molar-refractivity contribution in [1.29, 1.82) is 0 Å². The van der Waals surface area contributed by atoms with Crippen LogP contribution in [0, 0.1) is 5.92 Å². The molecule has 2 aliphatic rings. The highest BCUT2D eigenvalue weighted by atomic mass is 32.1. The van der Waals surface area contributed by atoms with Gasteiger partial charge in [-0.15, -0.1) is 11.3 Å². The van der Waals surface area contributed by atoms with Gasteiger partial charge in [-0.25, -0.2) is 0 Å². The molecule has 4 nitrogen and oxygen atoms in total. The molecule has 21 heavy (non-hydrogen) atoms. The van der Waals surface area contributed by atoms with Gasteiger partial charge in [-0.2, -0.15) is 0 Å². The van der Waals surface area contributed by atoms with Crippen molar-refractivity contribution in [2.75, 3.05) is 13.1 Å². The Balaban J connectivity index is 1.84. The Labute approximate surface area is 128 Å². The number of carboxylic acids is 1. The molecule has 1 amide bonds. The van der Waals surface area contributed by atoms with Gasteiger partial charge in [0.2, 0.25) is 5.91 Å². The number of likely N-dealkylation sites (tertiary alicyclic amines) is 1. The van der Waals surface area contributed by atoms with Crippen LogP contribution >= 0.6 is 11.3 Å². The summed E-state index contributed by atoms with van der Waals surface area (Å²) in [6.07, 6.45) is 5.75. The first-order valence-electron chi connectivity index (χ1n) is 7.70. The van der Waals surface area contributed by atoms with E-state index in [9.17, 15) is 9.59 Å². The van der Waals surface area contributed by atoms with Crippen LogP contribution in [0.3, 0.4) is 0 Å². The second-order valence-corrected chi connectivity index (χ2v) is 7.14. The Kier molecular flexibility index (Phi) is 4.02. The molecule has 1 aliphatic heterocycles. The molecular formula is C16H21NO3S. The van der Waals surface area contributed by atoms with E-state index in [1.807, 2.05) is 11.4 Å². The summed E-state index contributed by atoms with van der Waals surface area (Å²) in [6, 6.07) is 4.08. The van der Waals surface area contributed by atoms with Crippen LogP contribution in [0.15, 0.2) is 17.5 Å². The molecule has 1 aliphatic carbocycles.